The summed E-state index contributed by atoms with van der Waals surface area (Å²) < 4.78 is 1.85. The number of carbonyl (C=O) groups is 2. The molecule has 1 heterocycles. The van der Waals surface area contributed by atoms with Crippen LogP contribution < -0.4 is 5.32 Å². The number of rotatable bonds is 6. The summed E-state index contributed by atoms with van der Waals surface area (Å²) in [5, 5.41) is 12.0. The lowest BCUT2D eigenvalue weighted by molar-refractivity contribution is -0.121. The van der Waals surface area contributed by atoms with Crippen LogP contribution in [0.5, 0.6) is 0 Å². The minimum atomic E-state index is -0.975. The van der Waals surface area contributed by atoms with Crippen molar-refractivity contribution in [2.75, 3.05) is 0 Å². The van der Waals surface area contributed by atoms with Gasteiger partial charge in [-0.3, -0.25) is 4.79 Å². The van der Waals surface area contributed by atoms with E-state index in [4.69, 9.17) is 5.11 Å². The molecule has 116 valence electrons. The van der Waals surface area contributed by atoms with E-state index in [1.807, 2.05) is 24.7 Å². The van der Waals surface area contributed by atoms with E-state index in [2.05, 4.69) is 10.3 Å². The Bertz CT molecular complexity index is 679. The quantitative estimate of drug-likeness (QED) is 0.854. The lowest BCUT2D eigenvalue weighted by Crippen LogP contribution is -2.28. The lowest BCUT2D eigenvalue weighted by atomic mass is 10.0. The first-order valence-corrected chi connectivity index (χ1v) is 7.07. The normalized spacial score (nSPS) is 11.9. The van der Waals surface area contributed by atoms with E-state index < -0.39 is 5.97 Å². The zero-order valence-electron chi connectivity index (χ0n) is 12.6. The maximum absolute atomic E-state index is 12.0. The molecule has 2 N–H and O–H groups in total. The molecule has 0 aliphatic rings. The highest BCUT2D eigenvalue weighted by Crippen LogP contribution is 2.12. The Morgan fingerprint density at radius 1 is 1.36 bits per heavy atom. The second kappa shape index (κ2) is 6.89. The van der Waals surface area contributed by atoms with Crippen LogP contribution in [-0.4, -0.2) is 26.5 Å². The Labute approximate surface area is 128 Å². The number of nitrogens with zero attached hydrogens (tertiary/aromatic N) is 2. The van der Waals surface area contributed by atoms with Gasteiger partial charge in [0.15, 0.2) is 0 Å². The number of hydrogen-bond donors (Lipinski definition) is 2. The Morgan fingerprint density at radius 2 is 2.09 bits per heavy atom. The number of carboxylic acid groups (broad SMARTS) is 1. The van der Waals surface area contributed by atoms with Crippen molar-refractivity contribution in [2.24, 2.45) is 7.05 Å². The van der Waals surface area contributed by atoms with Crippen molar-refractivity contribution < 1.29 is 14.7 Å². The Kier molecular flexibility index (Phi) is 4.93. The number of benzene rings is 1. The molecule has 1 aromatic heterocycles. The van der Waals surface area contributed by atoms with E-state index in [0.717, 1.165) is 5.82 Å². The molecule has 0 bridgehead atoms. The highest BCUT2D eigenvalue weighted by Gasteiger charge is 2.14. The van der Waals surface area contributed by atoms with Crippen molar-refractivity contribution in [3.8, 4) is 0 Å². The van der Waals surface area contributed by atoms with Crippen molar-refractivity contribution in [3.05, 3.63) is 53.6 Å². The number of amides is 1. The van der Waals surface area contributed by atoms with Crippen molar-refractivity contribution in [2.45, 2.75) is 25.8 Å². The number of aromatic carboxylic acids is 1. The van der Waals surface area contributed by atoms with Crippen LogP contribution in [0, 0.1) is 0 Å². The topological polar surface area (TPSA) is 84.2 Å². The van der Waals surface area contributed by atoms with E-state index in [9.17, 15) is 9.59 Å². The van der Waals surface area contributed by atoms with Gasteiger partial charge in [0.25, 0.3) is 0 Å². The molecular weight excluding hydrogens is 282 g/mol. The molecule has 6 heteroatoms. The second-order valence-corrected chi connectivity index (χ2v) is 5.15. The van der Waals surface area contributed by atoms with E-state index in [1.165, 1.54) is 0 Å². The van der Waals surface area contributed by atoms with Gasteiger partial charge in [0, 0.05) is 25.9 Å². The number of hydrogen-bond acceptors (Lipinski definition) is 3. The molecule has 1 aromatic carbocycles. The summed E-state index contributed by atoms with van der Waals surface area (Å²) in [4.78, 5) is 27.3. The van der Waals surface area contributed by atoms with Gasteiger partial charge < -0.3 is 15.0 Å². The SMILES string of the molecule is CC(NC(=O)CCc1ccccc1C(=O)O)c1nccn1C. The van der Waals surface area contributed by atoms with Crippen LogP contribution in [0.15, 0.2) is 36.7 Å². The molecule has 6 nitrogen and oxygen atoms in total. The summed E-state index contributed by atoms with van der Waals surface area (Å²) in [6.07, 6.45) is 4.13. The van der Waals surface area contributed by atoms with Gasteiger partial charge in [-0.2, -0.15) is 0 Å². The summed E-state index contributed by atoms with van der Waals surface area (Å²) >= 11 is 0. The molecular formula is C16H19N3O3. The molecule has 0 fully saturated rings. The number of aryl methyl sites for hydroxylation is 2. The lowest BCUT2D eigenvalue weighted by Gasteiger charge is -2.14. The van der Waals surface area contributed by atoms with Gasteiger partial charge in [0.1, 0.15) is 5.82 Å². The molecule has 22 heavy (non-hydrogen) atoms. The van der Waals surface area contributed by atoms with Gasteiger partial charge >= 0.3 is 5.97 Å². The van der Waals surface area contributed by atoms with Crippen LogP contribution in [0.4, 0.5) is 0 Å². The number of imidazole rings is 1. The molecule has 1 amide bonds. The molecule has 0 radical (unpaired) electrons. The fourth-order valence-electron chi connectivity index (χ4n) is 2.37. The first-order valence-electron chi connectivity index (χ1n) is 7.07. The summed E-state index contributed by atoms with van der Waals surface area (Å²) in [7, 11) is 1.87. The Hall–Kier alpha value is -2.63. The summed E-state index contributed by atoms with van der Waals surface area (Å²) in [5.74, 6) is -0.327. The monoisotopic (exact) mass is 301 g/mol. The van der Waals surface area contributed by atoms with Crippen LogP contribution in [0.2, 0.25) is 0 Å². The molecule has 0 saturated heterocycles. The molecule has 0 saturated carbocycles. The maximum atomic E-state index is 12.0. The first-order chi connectivity index (χ1) is 10.5. The van der Waals surface area contributed by atoms with Crippen LogP contribution in [0.3, 0.4) is 0 Å². The summed E-state index contributed by atoms with van der Waals surface area (Å²) in [5.41, 5.74) is 0.905. The van der Waals surface area contributed by atoms with E-state index in [1.54, 1.807) is 30.5 Å². The highest BCUT2D eigenvalue weighted by atomic mass is 16.4. The minimum absolute atomic E-state index is 0.129. The number of nitrogens with one attached hydrogen (secondary N) is 1. The summed E-state index contributed by atoms with van der Waals surface area (Å²) in [6.45, 7) is 1.87. The standard InChI is InChI=1S/C16H19N3O3/c1-11(15-17-9-10-19(15)2)18-14(20)8-7-12-5-3-4-6-13(12)16(21)22/h3-6,9-11H,7-8H2,1-2H3,(H,18,20)(H,21,22). The predicted molar refractivity (Wildman–Crippen MR) is 81.5 cm³/mol. The van der Waals surface area contributed by atoms with Crippen molar-refractivity contribution in [1.29, 1.82) is 0 Å². The predicted octanol–water partition coefficient (Wildman–Crippen LogP) is 1.93. The van der Waals surface area contributed by atoms with Gasteiger partial charge in [0.05, 0.1) is 11.6 Å². The Balaban J connectivity index is 1.94. The average molecular weight is 301 g/mol. The second-order valence-electron chi connectivity index (χ2n) is 5.15. The minimum Gasteiger partial charge on any atom is -0.478 e. The maximum Gasteiger partial charge on any atom is 0.335 e. The molecule has 1 unspecified atom stereocenters. The van der Waals surface area contributed by atoms with Gasteiger partial charge in [-0.15, -0.1) is 0 Å². The van der Waals surface area contributed by atoms with Crippen molar-refractivity contribution in [1.82, 2.24) is 14.9 Å². The van der Waals surface area contributed by atoms with Crippen LogP contribution in [-0.2, 0) is 18.3 Å². The van der Waals surface area contributed by atoms with Crippen LogP contribution >= 0.6 is 0 Å². The van der Waals surface area contributed by atoms with Gasteiger partial charge in [-0.25, -0.2) is 9.78 Å². The molecule has 0 aliphatic carbocycles. The van der Waals surface area contributed by atoms with E-state index in [0.29, 0.717) is 12.0 Å². The molecule has 2 aromatic rings. The summed E-state index contributed by atoms with van der Waals surface area (Å²) in [6, 6.07) is 6.54. The third-order valence-corrected chi connectivity index (χ3v) is 3.49. The van der Waals surface area contributed by atoms with E-state index >= 15 is 0 Å². The molecule has 2 rings (SSSR count). The largest absolute Gasteiger partial charge is 0.478 e. The number of aromatic nitrogens is 2. The number of carbonyl (C=O) groups excluding carboxylic acids is 1. The van der Waals surface area contributed by atoms with Gasteiger partial charge in [-0.05, 0) is 25.0 Å². The Morgan fingerprint density at radius 3 is 2.73 bits per heavy atom. The van der Waals surface area contributed by atoms with Crippen molar-refractivity contribution in [3.63, 3.8) is 0 Å². The van der Waals surface area contributed by atoms with Crippen molar-refractivity contribution >= 4 is 11.9 Å². The molecule has 1 atom stereocenters. The molecule has 0 spiro atoms. The van der Waals surface area contributed by atoms with E-state index in [-0.39, 0.29) is 23.9 Å². The first kappa shape index (κ1) is 15.8. The van der Waals surface area contributed by atoms with Crippen LogP contribution in [0.1, 0.15) is 41.1 Å². The van der Waals surface area contributed by atoms with Gasteiger partial charge in [0.2, 0.25) is 5.91 Å². The molecule has 0 aliphatic heterocycles. The zero-order valence-corrected chi connectivity index (χ0v) is 12.6. The smallest absolute Gasteiger partial charge is 0.335 e. The zero-order chi connectivity index (χ0) is 16.1. The number of carboxylic acids is 1. The third-order valence-electron chi connectivity index (χ3n) is 3.49. The highest BCUT2D eigenvalue weighted by molar-refractivity contribution is 5.89. The fourth-order valence-corrected chi connectivity index (χ4v) is 2.37. The van der Waals surface area contributed by atoms with Gasteiger partial charge in [-0.1, -0.05) is 18.2 Å². The average Bonchev–Trinajstić information content (AvgIpc) is 2.91. The van der Waals surface area contributed by atoms with Crippen LogP contribution in [0.25, 0.3) is 0 Å². The fraction of sp³-hybridized carbons (Fsp3) is 0.312. The third kappa shape index (κ3) is 3.72.